The molecule has 6 nitrogen and oxygen atoms in total. The van der Waals surface area contributed by atoms with Crippen LogP contribution in [0.3, 0.4) is 0 Å². The van der Waals surface area contributed by atoms with Gasteiger partial charge in [-0.2, -0.15) is 0 Å². The summed E-state index contributed by atoms with van der Waals surface area (Å²) in [6, 6.07) is 5.48. The van der Waals surface area contributed by atoms with Crippen LogP contribution in [0.2, 0.25) is 0 Å². The fraction of sp³-hybridized carbons (Fsp3) is 0. The Hall–Kier alpha value is -2.37. The lowest BCUT2D eigenvalue weighted by atomic mass is 10.3. The second-order valence-corrected chi connectivity index (χ2v) is 2.82. The molecule has 0 spiro atoms. The average Bonchev–Trinajstić information content (AvgIpc) is 2.30. The largest absolute Gasteiger partial charge is 0.371 e. The maximum atomic E-state index is 11.1. The molecule has 2 heterocycles. The number of nitrogens with zero attached hydrogens (tertiary/aromatic N) is 4. The maximum Gasteiger partial charge on any atom is 0.371 e. The van der Waals surface area contributed by atoms with E-state index < -0.39 is 5.91 Å². The third kappa shape index (κ3) is 1.78. The van der Waals surface area contributed by atoms with Crippen LogP contribution in [-0.2, 0) is 0 Å². The van der Waals surface area contributed by atoms with E-state index in [4.69, 9.17) is 5.73 Å². The molecular formula is C9H8N5O+. The van der Waals surface area contributed by atoms with Crippen molar-refractivity contribution in [3.8, 4) is 5.82 Å². The summed E-state index contributed by atoms with van der Waals surface area (Å²) in [4.78, 5) is 11.1. The second kappa shape index (κ2) is 3.79. The van der Waals surface area contributed by atoms with Gasteiger partial charge >= 0.3 is 5.82 Å². The summed E-state index contributed by atoms with van der Waals surface area (Å²) in [5.74, 6) is -0.207. The molecule has 15 heavy (non-hydrogen) atoms. The van der Waals surface area contributed by atoms with Gasteiger partial charge in [-0.25, -0.2) is 4.57 Å². The Morgan fingerprint density at radius 1 is 1.27 bits per heavy atom. The quantitative estimate of drug-likeness (QED) is 0.649. The normalized spacial score (nSPS) is 9.87. The minimum absolute atomic E-state index is 0.237. The van der Waals surface area contributed by atoms with Crippen LogP contribution in [0.5, 0.6) is 0 Å². The molecule has 6 heteroatoms. The molecule has 0 aliphatic heterocycles. The van der Waals surface area contributed by atoms with E-state index in [1.807, 2.05) is 18.2 Å². The summed E-state index contributed by atoms with van der Waals surface area (Å²) in [6.07, 6.45) is 4.79. The number of nitrogens with two attached hydrogens (primary N) is 1. The van der Waals surface area contributed by atoms with E-state index in [9.17, 15) is 4.79 Å². The molecule has 0 fully saturated rings. The van der Waals surface area contributed by atoms with Gasteiger partial charge in [-0.15, -0.1) is 5.10 Å². The summed E-state index contributed by atoms with van der Waals surface area (Å²) in [6.45, 7) is 0. The van der Waals surface area contributed by atoms with Crippen molar-refractivity contribution in [3.63, 3.8) is 0 Å². The summed E-state index contributed by atoms with van der Waals surface area (Å²) < 4.78 is 1.65. The van der Waals surface area contributed by atoms with Gasteiger partial charge in [-0.3, -0.25) is 4.79 Å². The van der Waals surface area contributed by atoms with Gasteiger partial charge in [0.25, 0.3) is 5.91 Å². The first-order chi connectivity index (χ1) is 7.29. The van der Waals surface area contributed by atoms with Gasteiger partial charge in [-0.05, 0) is 12.1 Å². The highest BCUT2D eigenvalue weighted by Crippen LogP contribution is 2.00. The van der Waals surface area contributed by atoms with Crippen LogP contribution in [0.1, 0.15) is 10.4 Å². The second-order valence-electron chi connectivity index (χ2n) is 2.82. The third-order valence-corrected chi connectivity index (χ3v) is 1.84. The van der Waals surface area contributed by atoms with E-state index in [1.54, 1.807) is 17.0 Å². The first-order valence-electron chi connectivity index (χ1n) is 4.24. The highest BCUT2D eigenvalue weighted by Gasteiger charge is 2.19. The summed E-state index contributed by atoms with van der Waals surface area (Å²) in [7, 11) is 0. The Morgan fingerprint density at radius 2 is 2.00 bits per heavy atom. The van der Waals surface area contributed by atoms with Gasteiger partial charge in [0.05, 0.1) is 23.8 Å². The Bertz CT molecular complexity index is 485. The lowest BCUT2D eigenvalue weighted by Crippen LogP contribution is -2.34. The topological polar surface area (TPSA) is 85.6 Å². The predicted molar refractivity (Wildman–Crippen MR) is 49.9 cm³/mol. The predicted octanol–water partition coefficient (Wildman–Crippen LogP) is -0.753. The number of carbonyl (C=O) groups is 1. The van der Waals surface area contributed by atoms with Crippen molar-refractivity contribution in [2.24, 2.45) is 5.73 Å². The molecule has 0 atom stereocenters. The van der Waals surface area contributed by atoms with Crippen molar-refractivity contribution in [2.45, 2.75) is 0 Å². The van der Waals surface area contributed by atoms with Crippen LogP contribution in [0.4, 0.5) is 0 Å². The molecule has 0 unspecified atom stereocenters. The number of rotatable bonds is 2. The van der Waals surface area contributed by atoms with Crippen LogP contribution in [0, 0.1) is 0 Å². The Morgan fingerprint density at radius 3 is 2.67 bits per heavy atom. The van der Waals surface area contributed by atoms with Gasteiger partial charge in [0.1, 0.15) is 5.10 Å². The number of amides is 1. The molecule has 2 aromatic rings. The highest BCUT2D eigenvalue weighted by molar-refractivity contribution is 5.94. The number of aromatic nitrogens is 4. The first kappa shape index (κ1) is 9.20. The molecule has 0 aromatic carbocycles. The fourth-order valence-electron chi connectivity index (χ4n) is 1.17. The zero-order valence-corrected chi connectivity index (χ0v) is 7.74. The molecule has 0 aliphatic rings. The van der Waals surface area contributed by atoms with E-state index in [0.717, 1.165) is 0 Å². The Balaban J connectivity index is 2.58. The summed E-state index contributed by atoms with van der Waals surface area (Å²) in [5, 5.41) is 10.8. The monoisotopic (exact) mass is 202 g/mol. The molecular weight excluding hydrogens is 194 g/mol. The molecule has 0 aliphatic carbocycles. The number of hydrogen-bond donors (Lipinski definition) is 1. The number of primary amides is 1. The molecule has 2 aromatic heterocycles. The molecule has 74 valence electrons. The zero-order valence-electron chi connectivity index (χ0n) is 7.74. The lowest BCUT2D eigenvalue weighted by molar-refractivity contribution is -0.600. The van der Waals surface area contributed by atoms with Crippen molar-refractivity contribution in [1.29, 1.82) is 0 Å². The van der Waals surface area contributed by atoms with E-state index >= 15 is 0 Å². The standard InChI is InChI=1S/C9H7N5O/c10-8(15)7-6-11-13-12-9(7)14-4-2-1-3-5-14/h1-6H,(H-,10,15)/p+1. The van der Waals surface area contributed by atoms with Crippen molar-refractivity contribution in [3.05, 3.63) is 42.4 Å². The SMILES string of the molecule is NC(=O)c1cnnnc1-[n+]1ccccc1. The van der Waals surface area contributed by atoms with Crippen LogP contribution in [-0.4, -0.2) is 21.3 Å². The third-order valence-electron chi connectivity index (χ3n) is 1.84. The van der Waals surface area contributed by atoms with Crippen LogP contribution in [0.15, 0.2) is 36.8 Å². The number of hydrogen-bond acceptors (Lipinski definition) is 4. The number of pyridine rings is 1. The maximum absolute atomic E-state index is 11.1. The van der Waals surface area contributed by atoms with E-state index in [0.29, 0.717) is 5.82 Å². The van der Waals surface area contributed by atoms with E-state index in [-0.39, 0.29) is 5.56 Å². The van der Waals surface area contributed by atoms with Gasteiger partial charge in [0.2, 0.25) is 0 Å². The molecule has 2 N–H and O–H groups in total. The molecule has 1 amide bonds. The Kier molecular flexibility index (Phi) is 2.32. The van der Waals surface area contributed by atoms with Gasteiger partial charge in [-0.1, -0.05) is 6.07 Å². The van der Waals surface area contributed by atoms with E-state index in [2.05, 4.69) is 15.4 Å². The molecule has 0 bridgehead atoms. The zero-order chi connectivity index (χ0) is 10.7. The minimum atomic E-state index is -0.580. The molecule has 2 rings (SSSR count). The smallest absolute Gasteiger partial charge is 0.365 e. The van der Waals surface area contributed by atoms with Crippen molar-refractivity contribution >= 4 is 5.91 Å². The van der Waals surface area contributed by atoms with Crippen molar-refractivity contribution in [2.75, 3.05) is 0 Å². The van der Waals surface area contributed by atoms with Crippen LogP contribution >= 0.6 is 0 Å². The highest BCUT2D eigenvalue weighted by atomic mass is 16.1. The summed E-state index contributed by atoms with van der Waals surface area (Å²) in [5.41, 5.74) is 5.43. The van der Waals surface area contributed by atoms with Gasteiger partial charge in [0, 0.05) is 0 Å². The van der Waals surface area contributed by atoms with Crippen LogP contribution in [0.25, 0.3) is 5.82 Å². The lowest BCUT2D eigenvalue weighted by Gasteiger charge is -1.96. The molecule has 0 saturated carbocycles. The van der Waals surface area contributed by atoms with Crippen molar-refractivity contribution < 1.29 is 9.36 Å². The van der Waals surface area contributed by atoms with Crippen molar-refractivity contribution in [1.82, 2.24) is 15.4 Å². The average molecular weight is 202 g/mol. The molecule has 0 saturated heterocycles. The molecule has 0 radical (unpaired) electrons. The summed E-state index contributed by atoms with van der Waals surface area (Å²) >= 11 is 0. The minimum Gasteiger partial charge on any atom is -0.365 e. The van der Waals surface area contributed by atoms with E-state index in [1.165, 1.54) is 6.20 Å². The number of carbonyl (C=O) groups excluding carboxylic acids is 1. The fourth-order valence-corrected chi connectivity index (χ4v) is 1.17. The first-order valence-corrected chi connectivity index (χ1v) is 4.24. The van der Waals surface area contributed by atoms with Gasteiger partial charge < -0.3 is 5.73 Å². The Labute approximate surface area is 85.4 Å². The van der Waals surface area contributed by atoms with Crippen LogP contribution < -0.4 is 10.3 Å². The van der Waals surface area contributed by atoms with Gasteiger partial charge in [0.15, 0.2) is 5.56 Å².